The van der Waals surface area contributed by atoms with E-state index in [1.165, 1.54) is 18.2 Å². The summed E-state index contributed by atoms with van der Waals surface area (Å²) >= 11 is 5.86. The van der Waals surface area contributed by atoms with Crippen molar-refractivity contribution in [2.24, 2.45) is 0 Å². The van der Waals surface area contributed by atoms with Crippen LogP contribution in [-0.2, 0) is 11.3 Å². The molecule has 1 aromatic heterocycles. The predicted molar refractivity (Wildman–Crippen MR) is 83.0 cm³/mol. The van der Waals surface area contributed by atoms with Gasteiger partial charge >= 0.3 is 5.97 Å². The van der Waals surface area contributed by atoms with Crippen LogP contribution in [0.2, 0.25) is 5.02 Å². The standard InChI is InChI=1S/C17H10ClFO4/c18-12-5-3-6-13(19)11(12)9-22-17(21)16-8-14(20)10-4-1-2-7-15(10)23-16/h1-8H,9H2. The molecule has 0 aliphatic rings. The molecule has 0 radical (unpaired) electrons. The number of benzene rings is 2. The number of rotatable bonds is 3. The zero-order chi connectivity index (χ0) is 16.4. The molecule has 0 amide bonds. The highest BCUT2D eigenvalue weighted by molar-refractivity contribution is 6.31. The zero-order valence-electron chi connectivity index (χ0n) is 11.7. The molecule has 0 spiro atoms. The molecule has 4 nitrogen and oxygen atoms in total. The SMILES string of the molecule is O=C(OCc1c(F)cccc1Cl)c1cc(=O)c2ccccc2o1. The van der Waals surface area contributed by atoms with Gasteiger partial charge in [-0.25, -0.2) is 9.18 Å². The van der Waals surface area contributed by atoms with E-state index in [0.29, 0.717) is 5.39 Å². The van der Waals surface area contributed by atoms with E-state index in [-0.39, 0.29) is 34.0 Å². The molecule has 0 bridgehead atoms. The van der Waals surface area contributed by atoms with Crippen molar-refractivity contribution in [1.82, 2.24) is 0 Å². The van der Waals surface area contributed by atoms with Gasteiger partial charge in [0.25, 0.3) is 0 Å². The molecule has 0 saturated carbocycles. The second kappa shape index (κ2) is 6.22. The fraction of sp³-hybridized carbons (Fsp3) is 0.0588. The first-order valence-electron chi connectivity index (χ1n) is 6.69. The molecule has 0 aliphatic heterocycles. The Balaban J connectivity index is 1.85. The molecule has 0 saturated heterocycles. The second-order valence-electron chi connectivity index (χ2n) is 4.75. The van der Waals surface area contributed by atoms with Gasteiger partial charge in [-0.05, 0) is 24.3 Å². The number of fused-ring (bicyclic) bond motifs is 1. The van der Waals surface area contributed by atoms with E-state index < -0.39 is 11.8 Å². The maximum atomic E-state index is 13.6. The lowest BCUT2D eigenvalue weighted by atomic mass is 10.2. The van der Waals surface area contributed by atoms with Gasteiger partial charge in [0.2, 0.25) is 5.76 Å². The lowest BCUT2D eigenvalue weighted by Gasteiger charge is -2.07. The van der Waals surface area contributed by atoms with Crippen LogP contribution < -0.4 is 5.43 Å². The molecule has 23 heavy (non-hydrogen) atoms. The van der Waals surface area contributed by atoms with Gasteiger partial charge in [0.15, 0.2) is 5.43 Å². The third-order valence-electron chi connectivity index (χ3n) is 3.25. The van der Waals surface area contributed by atoms with Gasteiger partial charge in [-0.3, -0.25) is 4.79 Å². The van der Waals surface area contributed by atoms with Crippen LogP contribution in [0.3, 0.4) is 0 Å². The maximum Gasteiger partial charge on any atom is 0.374 e. The first kappa shape index (κ1) is 15.2. The van der Waals surface area contributed by atoms with E-state index in [2.05, 4.69) is 0 Å². The molecule has 1 heterocycles. The van der Waals surface area contributed by atoms with Crippen LogP contribution >= 0.6 is 11.6 Å². The molecule has 6 heteroatoms. The molecule has 0 aliphatic carbocycles. The summed E-state index contributed by atoms with van der Waals surface area (Å²) in [5, 5.41) is 0.513. The third kappa shape index (κ3) is 3.10. The third-order valence-corrected chi connectivity index (χ3v) is 3.60. The minimum absolute atomic E-state index is 0.0608. The summed E-state index contributed by atoms with van der Waals surface area (Å²) < 4.78 is 24.0. The largest absolute Gasteiger partial charge is 0.455 e. The summed E-state index contributed by atoms with van der Waals surface area (Å²) in [6.45, 7) is -0.360. The minimum Gasteiger partial charge on any atom is -0.455 e. The highest BCUT2D eigenvalue weighted by Crippen LogP contribution is 2.20. The van der Waals surface area contributed by atoms with Gasteiger partial charge in [-0.1, -0.05) is 29.8 Å². The number of halogens is 2. The molecule has 2 aromatic carbocycles. The molecule has 3 aromatic rings. The summed E-state index contributed by atoms with van der Waals surface area (Å²) in [5.41, 5.74) is -0.0238. The van der Waals surface area contributed by atoms with Gasteiger partial charge in [0.1, 0.15) is 18.0 Å². The van der Waals surface area contributed by atoms with Crippen molar-refractivity contribution in [3.05, 3.63) is 80.9 Å². The van der Waals surface area contributed by atoms with Crippen LogP contribution in [0.5, 0.6) is 0 Å². The van der Waals surface area contributed by atoms with Crippen molar-refractivity contribution in [2.75, 3.05) is 0 Å². The topological polar surface area (TPSA) is 56.5 Å². The van der Waals surface area contributed by atoms with Crippen molar-refractivity contribution < 1.29 is 18.3 Å². The van der Waals surface area contributed by atoms with E-state index in [9.17, 15) is 14.0 Å². The molecule has 0 unspecified atom stereocenters. The van der Waals surface area contributed by atoms with Gasteiger partial charge < -0.3 is 9.15 Å². The minimum atomic E-state index is -0.868. The molecular formula is C17H10ClFO4. The lowest BCUT2D eigenvalue weighted by molar-refractivity contribution is 0.0433. The number of carbonyl (C=O) groups excluding carboxylic acids is 1. The quantitative estimate of drug-likeness (QED) is 0.682. The van der Waals surface area contributed by atoms with Crippen molar-refractivity contribution in [1.29, 1.82) is 0 Å². The first-order chi connectivity index (χ1) is 11.1. The Morgan fingerprint density at radius 1 is 1.17 bits per heavy atom. The Labute approximate surface area is 135 Å². The highest BCUT2D eigenvalue weighted by Gasteiger charge is 2.16. The molecule has 0 fully saturated rings. The van der Waals surface area contributed by atoms with Crippen LogP contribution in [0.25, 0.3) is 11.0 Å². The average Bonchev–Trinajstić information content (AvgIpc) is 2.54. The molecule has 0 atom stereocenters. The van der Waals surface area contributed by atoms with E-state index in [1.54, 1.807) is 24.3 Å². The Morgan fingerprint density at radius 3 is 2.74 bits per heavy atom. The summed E-state index contributed by atoms with van der Waals surface area (Å²) in [5.74, 6) is -1.70. The maximum absolute atomic E-state index is 13.6. The zero-order valence-corrected chi connectivity index (χ0v) is 12.5. The van der Waals surface area contributed by atoms with Crippen LogP contribution in [0, 0.1) is 5.82 Å². The Bertz CT molecular complexity index is 928. The summed E-state index contributed by atoms with van der Waals surface area (Å²) in [6.07, 6.45) is 0. The van der Waals surface area contributed by atoms with Crippen molar-refractivity contribution in [2.45, 2.75) is 6.61 Å². The Kier molecular flexibility index (Phi) is 4.12. The van der Waals surface area contributed by atoms with Gasteiger partial charge in [0.05, 0.1) is 10.4 Å². The predicted octanol–water partition coefficient (Wildman–Crippen LogP) is 3.94. The van der Waals surface area contributed by atoms with Crippen molar-refractivity contribution >= 4 is 28.5 Å². The molecule has 0 N–H and O–H groups in total. The number of esters is 1. The number of para-hydroxylation sites is 1. The summed E-state index contributed by atoms with van der Waals surface area (Å²) in [7, 11) is 0. The smallest absolute Gasteiger partial charge is 0.374 e. The second-order valence-corrected chi connectivity index (χ2v) is 5.15. The fourth-order valence-corrected chi connectivity index (χ4v) is 2.30. The van der Waals surface area contributed by atoms with Crippen LogP contribution in [0.1, 0.15) is 16.1 Å². The highest BCUT2D eigenvalue weighted by atomic mass is 35.5. The van der Waals surface area contributed by atoms with Gasteiger partial charge in [-0.2, -0.15) is 0 Å². The van der Waals surface area contributed by atoms with Gasteiger partial charge in [0, 0.05) is 11.6 Å². The van der Waals surface area contributed by atoms with Crippen molar-refractivity contribution in [3.8, 4) is 0 Å². The lowest BCUT2D eigenvalue weighted by Crippen LogP contribution is -2.10. The van der Waals surface area contributed by atoms with Crippen LogP contribution in [-0.4, -0.2) is 5.97 Å². The van der Waals surface area contributed by atoms with E-state index in [1.807, 2.05) is 0 Å². The van der Waals surface area contributed by atoms with E-state index in [0.717, 1.165) is 6.07 Å². The fourth-order valence-electron chi connectivity index (χ4n) is 2.08. The number of carbonyl (C=O) groups is 1. The van der Waals surface area contributed by atoms with Crippen molar-refractivity contribution in [3.63, 3.8) is 0 Å². The first-order valence-corrected chi connectivity index (χ1v) is 7.07. The average molecular weight is 333 g/mol. The molecule has 3 rings (SSSR count). The molecular weight excluding hydrogens is 323 g/mol. The Hall–Kier alpha value is -2.66. The summed E-state index contributed by atoms with van der Waals surface area (Å²) in [6, 6.07) is 11.7. The Morgan fingerprint density at radius 2 is 1.96 bits per heavy atom. The van der Waals surface area contributed by atoms with Crippen LogP contribution in [0.4, 0.5) is 4.39 Å². The normalized spacial score (nSPS) is 10.7. The number of hydrogen-bond acceptors (Lipinski definition) is 4. The van der Waals surface area contributed by atoms with Crippen LogP contribution in [0.15, 0.2) is 57.7 Å². The monoisotopic (exact) mass is 332 g/mol. The molecule has 116 valence electrons. The number of hydrogen-bond donors (Lipinski definition) is 0. The van der Waals surface area contributed by atoms with Gasteiger partial charge in [-0.15, -0.1) is 0 Å². The van der Waals surface area contributed by atoms with E-state index in [4.69, 9.17) is 20.8 Å². The summed E-state index contributed by atoms with van der Waals surface area (Å²) in [4.78, 5) is 24.0. The van der Waals surface area contributed by atoms with E-state index >= 15 is 0 Å². The number of ether oxygens (including phenoxy) is 1.